The van der Waals surface area contributed by atoms with Gasteiger partial charge < -0.3 is 4.42 Å². The molecule has 11 rings (SSSR count). The summed E-state index contributed by atoms with van der Waals surface area (Å²) in [4.78, 5) is 10.6. The zero-order valence-electron chi connectivity index (χ0n) is 27.2. The third-order valence-corrected chi connectivity index (χ3v) is 11.2. The number of hydrogen-bond acceptors (Lipinski definition) is 4. The van der Waals surface area contributed by atoms with Crippen LogP contribution in [0.3, 0.4) is 0 Å². The lowest BCUT2D eigenvalue weighted by Gasteiger charge is -2.13. The van der Waals surface area contributed by atoms with Crippen molar-refractivity contribution in [2.75, 3.05) is 0 Å². The van der Waals surface area contributed by atoms with Gasteiger partial charge in [0, 0.05) is 53.5 Å². The van der Waals surface area contributed by atoms with Crippen LogP contribution in [-0.2, 0) is 0 Å². The van der Waals surface area contributed by atoms with E-state index in [4.69, 9.17) is 14.4 Å². The Morgan fingerprint density at radius 3 is 2.10 bits per heavy atom. The highest BCUT2D eigenvalue weighted by Gasteiger charge is 2.21. The minimum atomic E-state index is 0.674. The van der Waals surface area contributed by atoms with Crippen LogP contribution in [0.1, 0.15) is 0 Å². The van der Waals surface area contributed by atoms with Gasteiger partial charge in [-0.15, -0.1) is 11.3 Å². The van der Waals surface area contributed by atoms with Crippen LogP contribution in [0, 0.1) is 0 Å². The van der Waals surface area contributed by atoms with Crippen molar-refractivity contribution >= 4 is 75.3 Å². The second kappa shape index (κ2) is 11.0. The summed E-state index contributed by atoms with van der Waals surface area (Å²) in [5.74, 6) is 1.48. The van der Waals surface area contributed by atoms with Crippen LogP contribution >= 0.6 is 11.3 Å². The maximum Gasteiger partial charge on any atom is 0.162 e. The molecule has 4 nitrogen and oxygen atoms in total. The first-order valence-electron chi connectivity index (χ1n) is 17.1. The smallest absolute Gasteiger partial charge is 0.162 e. The summed E-state index contributed by atoms with van der Waals surface area (Å²) in [5.41, 5.74) is 9.05. The van der Waals surface area contributed by atoms with Gasteiger partial charge in [0.25, 0.3) is 0 Å². The van der Waals surface area contributed by atoms with E-state index in [0.29, 0.717) is 5.82 Å². The monoisotopic (exact) mass is 669 g/mol. The van der Waals surface area contributed by atoms with E-state index in [1.165, 1.54) is 20.2 Å². The molecule has 0 N–H and O–H groups in total. The van der Waals surface area contributed by atoms with Crippen molar-refractivity contribution in [2.24, 2.45) is 0 Å². The fraction of sp³-hybridized carbons (Fsp3) is 0. The van der Waals surface area contributed by atoms with Gasteiger partial charge in [-0.2, -0.15) is 0 Å². The Bertz CT molecular complexity index is 3150. The van der Waals surface area contributed by atoms with Crippen LogP contribution in [0.15, 0.2) is 168 Å². The Morgan fingerprint density at radius 2 is 1.18 bits per heavy atom. The number of nitrogens with zero attached hydrogens (tertiary/aromatic N) is 3. The number of aromatic nitrogens is 3. The molecule has 0 bridgehead atoms. The first-order chi connectivity index (χ1) is 25.3. The quantitative estimate of drug-likeness (QED) is 0.187. The van der Waals surface area contributed by atoms with Crippen molar-refractivity contribution in [3.63, 3.8) is 0 Å². The fourth-order valence-corrected chi connectivity index (χ4v) is 8.81. The molecule has 0 fully saturated rings. The molecule has 0 unspecified atom stereocenters. The van der Waals surface area contributed by atoms with E-state index in [1.54, 1.807) is 0 Å². The van der Waals surface area contributed by atoms with Gasteiger partial charge in [0.15, 0.2) is 5.82 Å². The summed E-state index contributed by atoms with van der Waals surface area (Å²) >= 11 is 1.82. The van der Waals surface area contributed by atoms with Gasteiger partial charge in [-0.1, -0.05) is 115 Å². The highest BCUT2D eigenvalue weighted by Crippen LogP contribution is 2.41. The number of thiophene rings is 1. The molecule has 0 saturated carbocycles. The van der Waals surface area contributed by atoms with Crippen molar-refractivity contribution in [1.29, 1.82) is 0 Å². The lowest BCUT2D eigenvalue weighted by Crippen LogP contribution is -2.02. The third kappa shape index (κ3) is 4.38. The zero-order chi connectivity index (χ0) is 33.5. The van der Waals surface area contributed by atoms with Crippen LogP contribution in [0.5, 0.6) is 0 Å². The molecule has 51 heavy (non-hydrogen) atoms. The van der Waals surface area contributed by atoms with Crippen LogP contribution in [0.2, 0.25) is 0 Å². The van der Waals surface area contributed by atoms with Crippen molar-refractivity contribution in [1.82, 2.24) is 14.5 Å². The Labute approximate surface area is 296 Å². The lowest BCUT2D eigenvalue weighted by atomic mass is 10.0. The summed E-state index contributed by atoms with van der Waals surface area (Å²) in [7, 11) is 0. The Morgan fingerprint density at radius 1 is 0.451 bits per heavy atom. The van der Waals surface area contributed by atoms with E-state index in [2.05, 4.69) is 150 Å². The normalized spacial score (nSPS) is 11.9. The van der Waals surface area contributed by atoms with Crippen LogP contribution in [0.4, 0.5) is 0 Å². The molecule has 0 amide bonds. The van der Waals surface area contributed by atoms with Crippen molar-refractivity contribution in [2.45, 2.75) is 0 Å². The standard InChI is InChI=1S/C46H27N3OS/c1-2-11-28(12-3-1)29-13-10-14-31(25-29)46-47-37(30-21-22-34-33-16-6-9-20-41(33)51-42(34)26-30)27-43(48-46)49-38-18-7-4-17-36(38)44-39(49)24-23-35-32-15-5-8-19-40(32)50-45(35)44/h1-27H. The van der Waals surface area contributed by atoms with Crippen LogP contribution in [0.25, 0.3) is 104 Å². The second-order valence-corrected chi connectivity index (χ2v) is 14.1. The van der Waals surface area contributed by atoms with Crippen molar-refractivity contribution < 1.29 is 4.42 Å². The first-order valence-corrected chi connectivity index (χ1v) is 17.9. The predicted molar refractivity (Wildman–Crippen MR) is 213 cm³/mol. The largest absolute Gasteiger partial charge is 0.455 e. The molecule has 11 aromatic rings. The van der Waals surface area contributed by atoms with Gasteiger partial charge in [-0.3, -0.25) is 4.57 Å². The molecule has 4 aromatic heterocycles. The molecule has 0 atom stereocenters. The summed E-state index contributed by atoms with van der Waals surface area (Å²) in [6.45, 7) is 0. The third-order valence-electron chi connectivity index (χ3n) is 10.0. The van der Waals surface area contributed by atoms with Crippen molar-refractivity contribution in [3.05, 3.63) is 164 Å². The van der Waals surface area contributed by atoms with Crippen LogP contribution in [-0.4, -0.2) is 14.5 Å². The van der Waals surface area contributed by atoms with E-state index in [1.807, 2.05) is 29.5 Å². The van der Waals surface area contributed by atoms with Gasteiger partial charge in [-0.05, 0) is 53.6 Å². The second-order valence-electron chi connectivity index (χ2n) is 13.0. The molecule has 0 saturated heterocycles. The molecular formula is C46H27N3OS. The molecule has 238 valence electrons. The number of hydrogen-bond donors (Lipinski definition) is 0. The van der Waals surface area contributed by atoms with Gasteiger partial charge in [0.2, 0.25) is 0 Å². The first kappa shape index (κ1) is 28.3. The highest BCUT2D eigenvalue weighted by molar-refractivity contribution is 7.25. The number of para-hydroxylation sites is 2. The Hall–Kier alpha value is -6.56. The SMILES string of the molecule is c1ccc(-c2cccc(-c3nc(-c4ccc5c(c4)sc4ccccc45)cc(-n4c5ccccc5c5c6oc7ccccc7c6ccc54)n3)c2)cc1. The summed E-state index contributed by atoms with van der Waals surface area (Å²) in [6.07, 6.45) is 0. The average Bonchev–Trinajstić information content (AvgIpc) is 3.87. The number of benzene rings is 7. The maximum absolute atomic E-state index is 6.59. The minimum Gasteiger partial charge on any atom is -0.455 e. The highest BCUT2D eigenvalue weighted by atomic mass is 32.1. The molecule has 0 aliphatic rings. The van der Waals surface area contributed by atoms with E-state index in [9.17, 15) is 0 Å². The van der Waals surface area contributed by atoms with Crippen molar-refractivity contribution in [3.8, 4) is 39.6 Å². The Kier molecular flexibility index (Phi) is 6.09. The molecule has 0 radical (unpaired) electrons. The molecule has 5 heteroatoms. The summed E-state index contributed by atoms with van der Waals surface area (Å²) < 4.78 is 11.4. The van der Waals surface area contributed by atoms with E-state index < -0.39 is 0 Å². The maximum atomic E-state index is 6.59. The Balaban J connectivity index is 1.19. The fourth-order valence-electron chi connectivity index (χ4n) is 7.66. The molecule has 4 heterocycles. The number of fused-ring (bicyclic) bond motifs is 10. The van der Waals surface area contributed by atoms with E-state index in [0.717, 1.165) is 77.5 Å². The number of furan rings is 1. The molecule has 7 aromatic carbocycles. The molecule has 0 aliphatic carbocycles. The van der Waals surface area contributed by atoms with E-state index >= 15 is 0 Å². The summed E-state index contributed by atoms with van der Waals surface area (Å²) in [6, 6.07) is 57.7. The minimum absolute atomic E-state index is 0.674. The lowest BCUT2D eigenvalue weighted by molar-refractivity contribution is 0.673. The zero-order valence-corrected chi connectivity index (χ0v) is 28.1. The van der Waals surface area contributed by atoms with Gasteiger partial charge in [0.1, 0.15) is 17.0 Å². The molecule has 0 aliphatic heterocycles. The summed E-state index contributed by atoms with van der Waals surface area (Å²) in [5, 5.41) is 6.98. The topological polar surface area (TPSA) is 43.9 Å². The van der Waals surface area contributed by atoms with Crippen LogP contribution < -0.4 is 0 Å². The molecular weight excluding hydrogens is 643 g/mol. The van der Waals surface area contributed by atoms with Gasteiger partial charge in [-0.25, -0.2) is 9.97 Å². The number of rotatable bonds is 4. The molecule has 0 spiro atoms. The van der Waals surface area contributed by atoms with Gasteiger partial charge >= 0.3 is 0 Å². The van der Waals surface area contributed by atoms with Gasteiger partial charge in [0.05, 0.1) is 22.1 Å². The predicted octanol–water partition coefficient (Wildman–Crippen LogP) is 12.8. The average molecular weight is 670 g/mol. The van der Waals surface area contributed by atoms with E-state index in [-0.39, 0.29) is 0 Å².